The van der Waals surface area contributed by atoms with Gasteiger partial charge in [0.15, 0.2) is 10.7 Å². The van der Waals surface area contributed by atoms with Gasteiger partial charge in [-0.3, -0.25) is 19.5 Å². The number of sulfonamides is 1. The van der Waals surface area contributed by atoms with E-state index in [-0.39, 0.29) is 12.4 Å². The van der Waals surface area contributed by atoms with Gasteiger partial charge in [0.1, 0.15) is 5.82 Å². The van der Waals surface area contributed by atoms with E-state index in [4.69, 9.17) is 0 Å². The first-order valence-corrected chi connectivity index (χ1v) is 8.88. The maximum Gasteiger partial charge on any atom is 0.289 e. The first-order chi connectivity index (χ1) is 12.4. The lowest BCUT2D eigenvalue weighted by Gasteiger charge is -2.06. The minimum Gasteiger partial charge on any atom is -0.266 e. The molecule has 134 valence electrons. The third-order valence-electron chi connectivity index (χ3n) is 3.52. The van der Waals surface area contributed by atoms with Crippen LogP contribution in [0.25, 0.3) is 0 Å². The fourth-order valence-electron chi connectivity index (χ4n) is 2.33. The normalized spacial score (nSPS) is 11.3. The Labute approximate surface area is 148 Å². The Bertz CT molecular complexity index is 1070. The van der Waals surface area contributed by atoms with E-state index in [1.807, 2.05) is 0 Å². The highest BCUT2D eigenvalue weighted by Crippen LogP contribution is 2.24. The SMILES string of the molecule is O=[N+]([O-])c1ccccc1S(=O)(=O)Nc1ccn(Cc2ccccc2F)n1. The minimum atomic E-state index is -4.20. The average molecular weight is 376 g/mol. The number of nitro benzene ring substituents is 1. The summed E-state index contributed by atoms with van der Waals surface area (Å²) >= 11 is 0. The highest BCUT2D eigenvalue weighted by molar-refractivity contribution is 7.92. The number of nitrogens with zero attached hydrogens (tertiary/aromatic N) is 3. The van der Waals surface area contributed by atoms with Gasteiger partial charge in [-0.15, -0.1) is 0 Å². The second-order valence-electron chi connectivity index (χ2n) is 5.32. The zero-order valence-corrected chi connectivity index (χ0v) is 14.1. The average Bonchev–Trinajstić information content (AvgIpc) is 3.03. The first-order valence-electron chi connectivity index (χ1n) is 7.40. The van der Waals surface area contributed by atoms with E-state index in [1.165, 1.54) is 35.1 Å². The molecule has 0 aliphatic heterocycles. The van der Waals surface area contributed by atoms with Crippen molar-refractivity contribution in [2.24, 2.45) is 0 Å². The van der Waals surface area contributed by atoms with E-state index < -0.39 is 31.3 Å². The highest BCUT2D eigenvalue weighted by Gasteiger charge is 2.25. The molecule has 3 aromatic rings. The van der Waals surface area contributed by atoms with Gasteiger partial charge in [0, 0.05) is 23.9 Å². The van der Waals surface area contributed by atoms with Crippen molar-refractivity contribution in [3.05, 3.63) is 82.3 Å². The largest absolute Gasteiger partial charge is 0.289 e. The van der Waals surface area contributed by atoms with Crippen LogP contribution in [0.5, 0.6) is 0 Å². The summed E-state index contributed by atoms with van der Waals surface area (Å²) < 4.78 is 42.1. The molecule has 0 amide bonds. The number of hydrogen-bond donors (Lipinski definition) is 1. The molecule has 0 fully saturated rings. The Morgan fingerprint density at radius 1 is 1.12 bits per heavy atom. The lowest BCUT2D eigenvalue weighted by atomic mass is 10.2. The van der Waals surface area contributed by atoms with E-state index in [0.717, 1.165) is 12.1 Å². The summed E-state index contributed by atoms with van der Waals surface area (Å²) in [5, 5.41) is 15.0. The quantitative estimate of drug-likeness (QED) is 0.526. The number of halogens is 1. The van der Waals surface area contributed by atoms with Gasteiger partial charge in [0.25, 0.3) is 15.7 Å². The van der Waals surface area contributed by atoms with Crippen LogP contribution in [0.15, 0.2) is 65.7 Å². The topological polar surface area (TPSA) is 107 Å². The molecule has 0 unspecified atom stereocenters. The maximum absolute atomic E-state index is 13.7. The number of rotatable bonds is 6. The molecule has 0 bridgehead atoms. The molecule has 0 spiro atoms. The Morgan fingerprint density at radius 2 is 1.81 bits per heavy atom. The summed E-state index contributed by atoms with van der Waals surface area (Å²) in [7, 11) is -4.20. The standard InChI is InChI=1S/C16H13FN4O4S/c17-13-6-2-1-5-12(13)11-20-10-9-16(18-20)19-26(24,25)15-8-4-3-7-14(15)21(22)23/h1-10H,11H2,(H,18,19). The van der Waals surface area contributed by atoms with Crippen molar-refractivity contribution < 1.29 is 17.7 Å². The van der Waals surface area contributed by atoms with E-state index in [9.17, 15) is 22.9 Å². The molecule has 1 N–H and O–H groups in total. The Morgan fingerprint density at radius 3 is 2.54 bits per heavy atom. The number of benzene rings is 2. The van der Waals surface area contributed by atoms with Crippen molar-refractivity contribution in [1.82, 2.24) is 9.78 Å². The first kappa shape index (κ1) is 17.5. The smallest absolute Gasteiger partial charge is 0.266 e. The molecule has 0 aliphatic carbocycles. The molecule has 10 heteroatoms. The Balaban J connectivity index is 1.83. The Kier molecular flexibility index (Phi) is 4.67. The van der Waals surface area contributed by atoms with Crippen molar-refractivity contribution in [2.75, 3.05) is 4.72 Å². The van der Waals surface area contributed by atoms with Crippen LogP contribution in [0, 0.1) is 15.9 Å². The van der Waals surface area contributed by atoms with Gasteiger partial charge in [0.05, 0.1) is 11.5 Å². The van der Waals surface area contributed by atoms with Crippen molar-refractivity contribution >= 4 is 21.5 Å². The summed E-state index contributed by atoms with van der Waals surface area (Å²) in [6.07, 6.45) is 1.48. The van der Waals surface area contributed by atoms with Crippen LogP contribution in [-0.2, 0) is 16.6 Å². The number of aromatic nitrogens is 2. The number of anilines is 1. The summed E-state index contributed by atoms with van der Waals surface area (Å²) in [4.78, 5) is 9.78. The number of hydrogen-bond acceptors (Lipinski definition) is 5. The van der Waals surface area contributed by atoms with Crippen molar-refractivity contribution in [2.45, 2.75) is 11.4 Å². The van der Waals surface area contributed by atoms with Gasteiger partial charge in [0.2, 0.25) is 0 Å². The van der Waals surface area contributed by atoms with Gasteiger partial charge in [-0.1, -0.05) is 30.3 Å². The van der Waals surface area contributed by atoms with Gasteiger partial charge in [-0.2, -0.15) is 5.10 Å². The summed E-state index contributed by atoms with van der Waals surface area (Å²) in [6.45, 7) is 0.111. The summed E-state index contributed by atoms with van der Waals surface area (Å²) in [6, 6.07) is 12.5. The predicted molar refractivity (Wildman–Crippen MR) is 91.6 cm³/mol. The molecule has 0 saturated carbocycles. The fraction of sp³-hybridized carbons (Fsp3) is 0.0625. The van der Waals surface area contributed by atoms with E-state index in [1.54, 1.807) is 18.2 Å². The van der Waals surface area contributed by atoms with Gasteiger partial charge in [-0.05, 0) is 12.1 Å². The van der Waals surface area contributed by atoms with Crippen LogP contribution in [0.4, 0.5) is 15.9 Å². The van der Waals surface area contributed by atoms with Crippen LogP contribution in [0.1, 0.15) is 5.56 Å². The second kappa shape index (κ2) is 6.92. The van der Waals surface area contributed by atoms with Crippen LogP contribution in [0.3, 0.4) is 0 Å². The molecule has 2 aromatic carbocycles. The lowest BCUT2D eigenvalue weighted by molar-refractivity contribution is -0.387. The van der Waals surface area contributed by atoms with Gasteiger partial charge in [-0.25, -0.2) is 12.8 Å². The van der Waals surface area contributed by atoms with Crippen LogP contribution >= 0.6 is 0 Å². The highest BCUT2D eigenvalue weighted by atomic mass is 32.2. The molecule has 8 nitrogen and oxygen atoms in total. The van der Waals surface area contributed by atoms with Gasteiger partial charge >= 0.3 is 0 Å². The molecular formula is C16H13FN4O4S. The van der Waals surface area contributed by atoms with Crippen LogP contribution in [-0.4, -0.2) is 23.1 Å². The van der Waals surface area contributed by atoms with Gasteiger partial charge < -0.3 is 0 Å². The maximum atomic E-state index is 13.7. The minimum absolute atomic E-state index is 0.0282. The molecule has 0 atom stereocenters. The molecule has 1 heterocycles. The lowest BCUT2D eigenvalue weighted by Crippen LogP contribution is -2.15. The fourth-order valence-corrected chi connectivity index (χ4v) is 3.50. The van der Waals surface area contributed by atoms with Crippen molar-refractivity contribution in [3.63, 3.8) is 0 Å². The molecule has 3 rings (SSSR count). The van der Waals surface area contributed by atoms with Crippen LogP contribution in [0.2, 0.25) is 0 Å². The Hall–Kier alpha value is -3.27. The van der Waals surface area contributed by atoms with E-state index in [2.05, 4.69) is 9.82 Å². The summed E-state index contributed by atoms with van der Waals surface area (Å²) in [5.41, 5.74) is -0.144. The number of para-hydroxylation sites is 1. The van der Waals surface area contributed by atoms with Crippen molar-refractivity contribution in [1.29, 1.82) is 0 Å². The second-order valence-corrected chi connectivity index (χ2v) is 6.97. The molecule has 0 radical (unpaired) electrons. The molecule has 26 heavy (non-hydrogen) atoms. The van der Waals surface area contributed by atoms with E-state index >= 15 is 0 Å². The molecule has 0 aliphatic rings. The summed E-state index contributed by atoms with van der Waals surface area (Å²) in [5.74, 6) is -0.426. The number of nitro groups is 1. The third-order valence-corrected chi connectivity index (χ3v) is 4.92. The van der Waals surface area contributed by atoms with Crippen molar-refractivity contribution in [3.8, 4) is 0 Å². The zero-order valence-electron chi connectivity index (χ0n) is 13.2. The third kappa shape index (κ3) is 3.70. The molecule has 0 saturated heterocycles. The van der Waals surface area contributed by atoms with Crippen LogP contribution < -0.4 is 4.72 Å². The monoisotopic (exact) mass is 376 g/mol. The number of nitrogens with one attached hydrogen (secondary N) is 1. The zero-order chi connectivity index (χ0) is 18.7. The molecule has 1 aromatic heterocycles. The molecular weight excluding hydrogens is 363 g/mol. The van der Waals surface area contributed by atoms with E-state index in [0.29, 0.717) is 5.56 Å². The predicted octanol–water partition coefficient (Wildman–Crippen LogP) is 2.78.